The number of nitro benzene ring substituents is 1. The number of carbonyl (C=O) groups excluding carboxylic acids is 1. The van der Waals surface area contributed by atoms with Crippen molar-refractivity contribution in [1.29, 1.82) is 0 Å². The Balaban J connectivity index is 2.21. The summed E-state index contributed by atoms with van der Waals surface area (Å²) in [4.78, 5) is 23.8. The van der Waals surface area contributed by atoms with Crippen molar-refractivity contribution in [1.82, 2.24) is 0 Å². The summed E-state index contributed by atoms with van der Waals surface area (Å²) in [7, 11) is 1.52. The van der Waals surface area contributed by atoms with Crippen molar-refractivity contribution in [3.8, 4) is 0 Å². The predicted molar refractivity (Wildman–Crippen MR) is 120 cm³/mol. The van der Waals surface area contributed by atoms with Gasteiger partial charge in [-0.15, -0.1) is 0 Å². The zero-order chi connectivity index (χ0) is 21.1. The molecule has 0 atom stereocenters. The van der Waals surface area contributed by atoms with E-state index in [-0.39, 0.29) is 16.9 Å². The Bertz CT molecular complexity index is 1100. The molecule has 3 rings (SSSR count). The van der Waals surface area contributed by atoms with Gasteiger partial charge >= 0.3 is 0 Å². The SMILES string of the molecule is CN(c1ccccc1)c1c([N+](=O)[O-])cc(C=O)c(Nc2ccc(I)cc2Cl)c1F. The van der Waals surface area contributed by atoms with Gasteiger partial charge in [0.2, 0.25) is 0 Å². The summed E-state index contributed by atoms with van der Waals surface area (Å²) >= 11 is 8.29. The van der Waals surface area contributed by atoms with Gasteiger partial charge in [0, 0.05) is 27.9 Å². The lowest BCUT2D eigenvalue weighted by molar-refractivity contribution is -0.384. The fourth-order valence-corrected chi connectivity index (χ4v) is 3.73. The molecule has 0 unspecified atom stereocenters. The van der Waals surface area contributed by atoms with Crippen LogP contribution in [-0.4, -0.2) is 18.3 Å². The van der Waals surface area contributed by atoms with E-state index in [1.54, 1.807) is 48.5 Å². The molecule has 9 heteroatoms. The highest BCUT2D eigenvalue weighted by Gasteiger charge is 2.28. The normalized spacial score (nSPS) is 10.5. The van der Waals surface area contributed by atoms with Gasteiger partial charge < -0.3 is 10.2 Å². The van der Waals surface area contributed by atoms with E-state index in [1.165, 1.54) is 11.9 Å². The van der Waals surface area contributed by atoms with Gasteiger partial charge in [0.25, 0.3) is 5.69 Å². The van der Waals surface area contributed by atoms with Crippen LogP contribution in [-0.2, 0) is 0 Å². The number of hydrogen-bond acceptors (Lipinski definition) is 5. The van der Waals surface area contributed by atoms with E-state index >= 15 is 4.39 Å². The summed E-state index contributed by atoms with van der Waals surface area (Å²) in [5.41, 5.74) is -0.241. The van der Waals surface area contributed by atoms with Crippen molar-refractivity contribution in [2.75, 3.05) is 17.3 Å². The number of rotatable bonds is 6. The minimum Gasteiger partial charge on any atom is -0.351 e. The molecule has 0 fully saturated rings. The molecule has 3 aromatic rings. The minimum absolute atomic E-state index is 0.186. The van der Waals surface area contributed by atoms with Gasteiger partial charge in [-0.2, -0.15) is 0 Å². The third-order valence-electron chi connectivity index (χ3n) is 4.24. The van der Waals surface area contributed by atoms with Crippen molar-refractivity contribution in [2.24, 2.45) is 0 Å². The topological polar surface area (TPSA) is 75.5 Å². The van der Waals surface area contributed by atoms with Crippen LogP contribution in [0.5, 0.6) is 0 Å². The summed E-state index contributed by atoms with van der Waals surface area (Å²) in [6, 6.07) is 14.8. The average molecular weight is 526 g/mol. The molecule has 0 aliphatic carbocycles. The molecule has 3 aromatic carbocycles. The Morgan fingerprint density at radius 3 is 2.48 bits per heavy atom. The molecular formula is C20H14ClFIN3O3. The van der Waals surface area contributed by atoms with Crippen LogP contribution in [0.2, 0.25) is 5.02 Å². The average Bonchev–Trinajstić information content (AvgIpc) is 2.70. The van der Waals surface area contributed by atoms with Gasteiger partial charge in [0.15, 0.2) is 17.8 Å². The molecule has 0 bridgehead atoms. The van der Waals surface area contributed by atoms with Crippen molar-refractivity contribution < 1.29 is 14.1 Å². The van der Waals surface area contributed by atoms with Crippen molar-refractivity contribution in [3.05, 3.63) is 84.7 Å². The Kier molecular flexibility index (Phi) is 6.33. The number of anilines is 4. The highest BCUT2D eigenvalue weighted by molar-refractivity contribution is 14.1. The van der Waals surface area contributed by atoms with Crippen LogP contribution in [0, 0.1) is 19.5 Å². The number of nitrogens with zero attached hydrogens (tertiary/aromatic N) is 2. The number of benzene rings is 3. The van der Waals surface area contributed by atoms with Crippen molar-refractivity contribution in [3.63, 3.8) is 0 Å². The lowest BCUT2D eigenvalue weighted by Crippen LogP contribution is -2.15. The van der Waals surface area contributed by atoms with Crippen LogP contribution in [0.1, 0.15) is 10.4 Å². The van der Waals surface area contributed by atoms with Gasteiger partial charge in [-0.3, -0.25) is 14.9 Å². The second kappa shape index (κ2) is 8.75. The number of nitrogens with one attached hydrogen (secondary N) is 1. The van der Waals surface area contributed by atoms with Crippen LogP contribution < -0.4 is 10.2 Å². The van der Waals surface area contributed by atoms with E-state index in [0.29, 0.717) is 22.7 Å². The Labute approximate surface area is 184 Å². The molecule has 0 heterocycles. The number of nitro groups is 1. The van der Waals surface area contributed by atoms with Crippen LogP contribution in [0.4, 0.5) is 32.8 Å². The van der Waals surface area contributed by atoms with Gasteiger partial charge in [-0.25, -0.2) is 4.39 Å². The minimum atomic E-state index is -0.928. The molecule has 1 N–H and O–H groups in total. The summed E-state index contributed by atoms with van der Waals surface area (Å²) in [6.45, 7) is 0. The smallest absolute Gasteiger partial charge is 0.296 e. The van der Waals surface area contributed by atoms with E-state index in [4.69, 9.17) is 11.6 Å². The standard InChI is InChI=1S/C20H14ClFIN3O3/c1-25(14-5-3-2-4-6-14)20-17(26(28)29)9-12(11-27)19(18(20)22)24-16-8-7-13(23)10-15(16)21/h2-11,24H,1H3. The summed E-state index contributed by atoms with van der Waals surface area (Å²) in [5.74, 6) is -0.928. The van der Waals surface area contributed by atoms with Crippen LogP contribution in [0.3, 0.4) is 0 Å². The van der Waals surface area contributed by atoms with E-state index in [2.05, 4.69) is 27.9 Å². The second-order valence-corrected chi connectivity index (χ2v) is 7.69. The third-order valence-corrected chi connectivity index (χ3v) is 5.23. The molecule has 0 radical (unpaired) electrons. The summed E-state index contributed by atoms with van der Waals surface area (Å²) in [5, 5.41) is 14.7. The Hall–Kier alpha value is -2.72. The summed E-state index contributed by atoms with van der Waals surface area (Å²) in [6.07, 6.45) is 0.366. The third kappa shape index (κ3) is 4.33. The van der Waals surface area contributed by atoms with Crippen molar-refractivity contribution >= 4 is 68.9 Å². The van der Waals surface area contributed by atoms with E-state index < -0.39 is 16.4 Å². The van der Waals surface area contributed by atoms with Crippen LogP contribution in [0.25, 0.3) is 0 Å². The first-order valence-corrected chi connectivity index (χ1v) is 9.76. The van der Waals surface area contributed by atoms with Crippen LogP contribution in [0.15, 0.2) is 54.6 Å². The van der Waals surface area contributed by atoms with E-state index in [1.807, 2.05) is 0 Å². The first kappa shape index (κ1) is 21.0. The maximum atomic E-state index is 15.6. The van der Waals surface area contributed by atoms with Gasteiger partial charge in [-0.1, -0.05) is 29.8 Å². The monoisotopic (exact) mass is 525 g/mol. The summed E-state index contributed by atoms with van der Waals surface area (Å²) < 4.78 is 16.4. The Morgan fingerprint density at radius 2 is 1.90 bits per heavy atom. The number of hydrogen-bond donors (Lipinski definition) is 1. The van der Waals surface area contributed by atoms with Gasteiger partial charge in [0.05, 0.1) is 21.3 Å². The predicted octanol–water partition coefficient (Wildman–Crippen LogP) is 6.32. The molecule has 148 valence electrons. The molecule has 29 heavy (non-hydrogen) atoms. The quantitative estimate of drug-likeness (QED) is 0.177. The van der Waals surface area contributed by atoms with Gasteiger partial charge in [-0.05, 0) is 52.9 Å². The molecule has 0 aliphatic rings. The number of para-hydroxylation sites is 1. The lowest BCUT2D eigenvalue weighted by atomic mass is 10.1. The molecule has 0 amide bonds. The molecule has 0 aromatic heterocycles. The molecule has 0 saturated carbocycles. The molecule has 0 saturated heterocycles. The highest BCUT2D eigenvalue weighted by Crippen LogP contribution is 2.41. The highest BCUT2D eigenvalue weighted by atomic mass is 127. The second-order valence-electron chi connectivity index (χ2n) is 6.04. The zero-order valence-electron chi connectivity index (χ0n) is 15.0. The Morgan fingerprint density at radius 1 is 1.21 bits per heavy atom. The molecule has 6 nitrogen and oxygen atoms in total. The molecule has 0 spiro atoms. The van der Waals surface area contributed by atoms with Gasteiger partial charge in [0.1, 0.15) is 0 Å². The first-order valence-electron chi connectivity index (χ1n) is 8.30. The largest absolute Gasteiger partial charge is 0.351 e. The van der Waals surface area contributed by atoms with E-state index in [0.717, 1.165) is 9.64 Å². The van der Waals surface area contributed by atoms with Crippen molar-refractivity contribution in [2.45, 2.75) is 0 Å². The number of aldehydes is 1. The number of halogens is 3. The fourth-order valence-electron chi connectivity index (χ4n) is 2.83. The maximum Gasteiger partial charge on any atom is 0.296 e. The fraction of sp³-hybridized carbons (Fsp3) is 0.0500. The van der Waals surface area contributed by atoms with E-state index in [9.17, 15) is 14.9 Å². The van der Waals surface area contributed by atoms with Crippen LogP contribution >= 0.6 is 34.2 Å². The molecular weight excluding hydrogens is 512 g/mol. The maximum absolute atomic E-state index is 15.6. The zero-order valence-corrected chi connectivity index (χ0v) is 17.9. The first-order chi connectivity index (χ1) is 13.8. The molecule has 0 aliphatic heterocycles. The number of carbonyl (C=O) groups is 1. The lowest BCUT2D eigenvalue weighted by Gasteiger charge is -2.22.